The monoisotopic (exact) mass is 331 g/mol. The number of benzene rings is 1. The highest BCUT2D eigenvalue weighted by molar-refractivity contribution is 7.28. The fourth-order valence-electron chi connectivity index (χ4n) is 3.11. The Bertz CT molecular complexity index is 846. The van der Waals surface area contributed by atoms with Gasteiger partial charge in [0, 0.05) is 5.92 Å². The van der Waals surface area contributed by atoms with Gasteiger partial charge in [-0.15, -0.1) is 11.3 Å². The normalized spacial score (nSPS) is 16.4. The van der Waals surface area contributed by atoms with Crippen molar-refractivity contribution in [2.24, 2.45) is 5.92 Å². The van der Waals surface area contributed by atoms with E-state index in [0.29, 0.717) is 5.13 Å². The molecule has 0 bridgehead atoms. The van der Waals surface area contributed by atoms with Crippen molar-refractivity contribution in [1.82, 2.24) is 9.97 Å². The summed E-state index contributed by atoms with van der Waals surface area (Å²) in [5, 5.41) is 4.80. The molecule has 4 nitrogen and oxygen atoms in total. The van der Waals surface area contributed by atoms with Gasteiger partial charge in [-0.2, -0.15) is 0 Å². The molecular formula is C16H17N3OS2. The van der Waals surface area contributed by atoms with E-state index in [2.05, 4.69) is 15.3 Å². The van der Waals surface area contributed by atoms with Gasteiger partial charge in [-0.1, -0.05) is 30.6 Å². The molecule has 0 radical (unpaired) electrons. The van der Waals surface area contributed by atoms with Crippen LogP contribution in [0, 0.1) is 12.8 Å². The van der Waals surface area contributed by atoms with Crippen LogP contribution in [0.3, 0.4) is 0 Å². The maximum atomic E-state index is 12.4. The number of fused-ring (bicyclic) bond motifs is 3. The van der Waals surface area contributed by atoms with Crippen LogP contribution in [0.1, 0.15) is 37.1 Å². The summed E-state index contributed by atoms with van der Waals surface area (Å²) in [7, 11) is 0. The number of hydrogen-bond donors (Lipinski definition) is 1. The minimum absolute atomic E-state index is 0.135. The lowest BCUT2D eigenvalue weighted by molar-refractivity contribution is -0.120. The largest absolute Gasteiger partial charge is 0.302 e. The number of hydrogen-bond acceptors (Lipinski definition) is 5. The van der Waals surface area contributed by atoms with Crippen molar-refractivity contribution in [3.63, 3.8) is 0 Å². The second kappa shape index (κ2) is 5.59. The Morgan fingerprint density at radius 3 is 2.55 bits per heavy atom. The third-order valence-corrected chi connectivity index (χ3v) is 6.36. The van der Waals surface area contributed by atoms with Crippen molar-refractivity contribution in [1.29, 1.82) is 0 Å². The minimum Gasteiger partial charge on any atom is -0.302 e. The zero-order valence-electron chi connectivity index (χ0n) is 12.4. The van der Waals surface area contributed by atoms with Crippen LogP contribution in [0.4, 0.5) is 5.13 Å². The summed E-state index contributed by atoms with van der Waals surface area (Å²) in [6, 6.07) is 4.00. The highest BCUT2D eigenvalue weighted by Crippen LogP contribution is 2.36. The van der Waals surface area contributed by atoms with Gasteiger partial charge in [-0.25, -0.2) is 9.97 Å². The molecule has 1 aliphatic carbocycles. The van der Waals surface area contributed by atoms with Gasteiger partial charge in [0.2, 0.25) is 5.91 Å². The van der Waals surface area contributed by atoms with E-state index < -0.39 is 0 Å². The van der Waals surface area contributed by atoms with Gasteiger partial charge in [0.05, 0.1) is 25.4 Å². The molecule has 0 saturated heterocycles. The first-order chi connectivity index (χ1) is 10.7. The average molecular weight is 331 g/mol. The van der Waals surface area contributed by atoms with E-state index >= 15 is 0 Å². The van der Waals surface area contributed by atoms with Gasteiger partial charge in [0.15, 0.2) is 5.13 Å². The second-order valence-electron chi connectivity index (χ2n) is 5.84. The number of carbonyl (C=O) groups excluding carboxylic acids is 1. The van der Waals surface area contributed by atoms with Gasteiger partial charge in [-0.05, 0) is 31.9 Å². The molecule has 4 rings (SSSR count). The molecule has 0 unspecified atom stereocenters. The highest BCUT2D eigenvalue weighted by atomic mass is 32.1. The van der Waals surface area contributed by atoms with E-state index in [1.165, 1.54) is 24.0 Å². The van der Waals surface area contributed by atoms with Crippen LogP contribution in [0.15, 0.2) is 12.1 Å². The molecular weight excluding hydrogens is 314 g/mol. The Balaban J connectivity index is 1.64. The zero-order chi connectivity index (χ0) is 15.1. The lowest BCUT2D eigenvalue weighted by Crippen LogP contribution is -2.24. The predicted octanol–water partition coefficient (Wildman–Crippen LogP) is 4.73. The molecule has 1 saturated carbocycles. The standard InChI is InChI=1S/C16H17N3OS2/c1-9-17-11-7-8-12-14(13(11)21-9)22-16(18-12)19-15(20)10-5-3-2-4-6-10/h7-8,10H,2-6H2,1H3,(H,18,19,20). The second-order valence-corrected chi connectivity index (χ2v) is 8.04. The summed E-state index contributed by atoms with van der Waals surface area (Å²) < 4.78 is 2.30. The van der Waals surface area contributed by atoms with Gasteiger partial charge in [-0.3, -0.25) is 4.79 Å². The Kier molecular flexibility index (Phi) is 3.58. The maximum absolute atomic E-state index is 12.4. The lowest BCUT2D eigenvalue weighted by Gasteiger charge is -2.19. The highest BCUT2D eigenvalue weighted by Gasteiger charge is 2.22. The zero-order valence-corrected chi connectivity index (χ0v) is 14.0. The third kappa shape index (κ3) is 2.50. The molecule has 0 atom stereocenters. The Hall–Kier alpha value is -1.53. The molecule has 1 fully saturated rings. The SMILES string of the molecule is Cc1nc2ccc3nc(NC(=O)C4CCCCC4)sc3c2s1. The first kappa shape index (κ1) is 14.1. The van der Waals surface area contributed by atoms with Crippen LogP contribution >= 0.6 is 22.7 Å². The molecule has 22 heavy (non-hydrogen) atoms. The number of anilines is 1. The number of nitrogens with zero attached hydrogens (tertiary/aromatic N) is 2. The van der Waals surface area contributed by atoms with Gasteiger partial charge >= 0.3 is 0 Å². The Morgan fingerprint density at radius 1 is 1.09 bits per heavy atom. The van der Waals surface area contributed by atoms with Crippen molar-refractivity contribution in [3.8, 4) is 0 Å². The molecule has 2 aromatic heterocycles. The van der Waals surface area contributed by atoms with E-state index in [1.54, 1.807) is 22.7 Å². The van der Waals surface area contributed by atoms with E-state index in [0.717, 1.165) is 33.6 Å². The van der Waals surface area contributed by atoms with Gasteiger partial charge in [0.25, 0.3) is 0 Å². The first-order valence-electron chi connectivity index (χ1n) is 7.68. The molecule has 1 amide bonds. The van der Waals surface area contributed by atoms with E-state index in [-0.39, 0.29) is 11.8 Å². The number of carbonyl (C=O) groups is 1. The molecule has 2 heterocycles. The Labute approximate surface area is 136 Å². The van der Waals surface area contributed by atoms with E-state index in [9.17, 15) is 4.79 Å². The number of nitrogens with one attached hydrogen (secondary N) is 1. The summed E-state index contributed by atoms with van der Waals surface area (Å²) in [6.07, 6.45) is 5.61. The van der Waals surface area contributed by atoms with Crippen LogP contribution in [0.2, 0.25) is 0 Å². The number of thiazole rings is 2. The number of amides is 1. The lowest BCUT2D eigenvalue weighted by atomic mass is 9.89. The van der Waals surface area contributed by atoms with Crippen LogP contribution < -0.4 is 5.32 Å². The summed E-state index contributed by atoms with van der Waals surface area (Å²) >= 11 is 3.25. The summed E-state index contributed by atoms with van der Waals surface area (Å²) in [5.41, 5.74) is 1.96. The van der Waals surface area contributed by atoms with E-state index in [4.69, 9.17) is 0 Å². The smallest absolute Gasteiger partial charge is 0.229 e. The molecule has 1 aromatic carbocycles. The summed E-state index contributed by atoms with van der Waals surface area (Å²) in [6.45, 7) is 2.02. The van der Waals surface area contributed by atoms with Gasteiger partial charge in [0.1, 0.15) is 0 Å². The molecule has 0 aliphatic heterocycles. The molecule has 1 aliphatic rings. The van der Waals surface area contributed by atoms with Crippen molar-refractivity contribution < 1.29 is 4.79 Å². The molecule has 3 aromatic rings. The fraction of sp³-hybridized carbons (Fsp3) is 0.438. The van der Waals surface area contributed by atoms with Crippen LogP contribution in [-0.2, 0) is 4.79 Å². The molecule has 1 N–H and O–H groups in total. The Morgan fingerprint density at radius 2 is 1.77 bits per heavy atom. The molecule has 6 heteroatoms. The third-order valence-electron chi connectivity index (χ3n) is 4.23. The predicted molar refractivity (Wildman–Crippen MR) is 92.7 cm³/mol. The fourth-order valence-corrected chi connectivity index (χ4v) is 5.12. The van der Waals surface area contributed by atoms with Crippen molar-refractivity contribution >= 4 is 54.1 Å². The van der Waals surface area contributed by atoms with Crippen molar-refractivity contribution in [2.75, 3.05) is 5.32 Å². The minimum atomic E-state index is 0.135. The summed E-state index contributed by atoms with van der Waals surface area (Å²) in [4.78, 5) is 21.4. The van der Waals surface area contributed by atoms with Crippen molar-refractivity contribution in [2.45, 2.75) is 39.0 Å². The topological polar surface area (TPSA) is 54.9 Å². The maximum Gasteiger partial charge on any atom is 0.229 e. The first-order valence-corrected chi connectivity index (χ1v) is 9.31. The molecule has 114 valence electrons. The van der Waals surface area contributed by atoms with E-state index in [1.807, 2.05) is 19.1 Å². The number of aryl methyl sites for hydroxylation is 1. The van der Waals surface area contributed by atoms with Crippen molar-refractivity contribution in [3.05, 3.63) is 17.1 Å². The van der Waals surface area contributed by atoms with Gasteiger partial charge < -0.3 is 5.32 Å². The number of aromatic nitrogens is 2. The van der Waals surface area contributed by atoms with Crippen LogP contribution in [0.5, 0.6) is 0 Å². The van der Waals surface area contributed by atoms with Crippen LogP contribution in [0.25, 0.3) is 20.4 Å². The summed E-state index contributed by atoms with van der Waals surface area (Å²) in [5.74, 6) is 0.293. The average Bonchev–Trinajstić information content (AvgIpc) is 3.09. The number of rotatable bonds is 2. The molecule has 0 spiro atoms. The quantitative estimate of drug-likeness (QED) is 0.738. The van der Waals surface area contributed by atoms with Crippen LogP contribution in [-0.4, -0.2) is 15.9 Å².